The van der Waals surface area contributed by atoms with E-state index >= 15 is 0 Å². The third kappa shape index (κ3) is 3.27. The van der Waals surface area contributed by atoms with E-state index in [9.17, 15) is 31.5 Å². The summed E-state index contributed by atoms with van der Waals surface area (Å²) in [4.78, 5) is 14.2. The van der Waals surface area contributed by atoms with Crippen LogP contribution in [0.15, 0.2) is 23.1 Å². The third-order valence-electron chi connectivity index (χ3n) is 7.43. The van der Waals surface area contributed by atoms with Gasteiger partial charge < -0.3 is 20.1 Å². The molecule has 7 nitrogen and oxygen atoms in total. The second kappa shape index (κ2) is 7.41. The maximum atomic E-state index is 13.4. The van der Waals surface area contributed by atoms with Crippen LogP contribution in [-0.2, 0) is 32.1 Å². The molecule has 1 saturated carbocycles. The third-order valence-corrected chi connectivity index (χ3v) is 9.58. The number of aliphatic hydroxyl groups excluding tert-OH is 1. The Morgan fingerprint density at radius 2 is 1.88 bits per heavy atom. The summed E-state index contributed by atoms with van der Waals surface area (Å²) in [6.07, 6.45) is -3.11. The normalized spacial score (nSPS) is 34.7. The number of halogens is 3. The van der Waals surface area contributed by atoms with E-state index in [1.165, 1.54) is 0 Å². The van der Waals surface area contributed by atoms with Gasteiger partial charge in [0.15, 0.2) is 5.37 Å². The van der Waals surface area contributed by atoms with Crippen LogP contribution in [0.2, 0.25) is 0 Å². The number of aliphatic hydroxyl groups is 1. The molecule has 176 valence electrons. The van der Waals surface area contributed by atoms with Crippen LogP contribution < -0.4 is 5.32 Å². The van der Waals surface area contributed by atoms with Gasteiger partial charge in [-0.15, -0.1) is 0 Å². The van der Waals surface area contributed by atoms with Crippen LogP contribution in [0.25, 0.3) is 0 Å². The summed E-state index contributed by atoms with van der Waals surface area (Å²) in [6, 6.07) is 2.66. The highest BCUT2D eigenvalue weighted by Crippen LogP contribution is 2.53. The molecule has 0 aromatic heterocycles. The number of sulfone groups is 1. The number of rotatable bonds is 2. The van der Waals surface area contributed by atoms with Crippen LogP contribution in [0, 0.1) is 5.41 Å². The molecule has 1 unspecified atom stereocenters. The number of hydrogen-bond donors (Lipinski definition) is 2. The number of nitrogens with one attached hydrogen (secondary N) is 1. The second-order valence-electron chi connectivity index (χ2n) is 9.28. The van der Waals surface area contributed by atoms with Gasteiger partial charge in [-0.1, -0.05) is 0 Å². The maximum absolute atomic E-state index is 13.4. The first kappa shape index (κ1) is 22.1. The van der Waals surface area contributed by atoms with E-state index in [0.717, 1.165) is 35.9 Å². The highest BCUT2D eigenvalue weighted by molar-refractivity contribution is 7.92. The number of benzene rings is 1. The minimum absolute atomic E-state index is 0.0417. The average molecular weight is 475 g/mol. The van der Waals surface area contributed by atoms with Crippen molar-refractivity contribution in [2.45, 2.75) is 73.3 Å². The number of alkyl halides is 3. The molecule has 4 aliphatic rings. The van der Waals surface area contributed by atoms with E-state index in [0.29, 0.717) is 32.5 Å². The Hall–Kier alpha value is -1.69. The number of amides is 1. The number of ether oxygens (including phenoxy) is 1. The predicted molar refractivity (Wildman–Crippen MR) is 106 cm³/mol. The predicted octanol–water partition coefficient (Wildman–Crippen LogP) is 1.83. The standard InChI is InChI=1S/C21H25F3N2O5S/c22-21(23,24)13-1-2-16-12(9-13)11-26-18(32(16,29)30)17(27)20(19(26)28)6-3-15(10-20)25-14-4-7-31-8-5-14/h1-2,9,14-15,17-18,25,27H,3-8,10-11H2/t15-,17+,18?,20+/m1/s1. The Balaban J connectivity index is 1.44. The van der Waals surface area contributed by atoms with Gasteiger partial charge in [-0.05, 0) is 55.9 Å². The summed E-state index contributed by atoms with van der Waals surface area (Å²) < 4.78 is 71.4. The molecule has 2 saturated heterocycles. The van der Waals surface area contributed by atoms with Crippen LogP contribution in [0.5, 0.6) is 0 Å². The van der Waals surface area contributed by atoms with Gasteiger partial charge in [0, 0.05) is 31.8 Å². The summed E-state index contributed by atoms with van der Waals surface area (Å²) in [5.41, 5.74) is -2.27. The Morgan fingerprint density at radius 3 is 2.56 bits per heavy atom. The minimum atomic E-state index is -4.63. The number of carbonyl (C=O) groups is 1. The largest absolute Gasteiger partial charge is 0.416 e. The van der Waals surface area contributed by atoms with Crippen molar-refractivity contribution in [2.75, 3.05) is 13.2 Å². The molecule has 3 aliphatic heterocycles. The van der Waals surface area contributed by atoms with Crippen molar-refractivity contribution in [3.05, 3.63) is 29.3 Å². The Kier molecular flexibility index (Phi) is 5.12. The van der Waals surface area contributed by atoms with Gasteiger partial charge in [0.25, 0.3) is 0 Å². The zero-order valence-corrected chi connectivity index (χ0v) is 18.1. The van der Waals surface area contributed by atoms with Crippen molar-refractivity contribution in [1.82, 2.24) is 10.2 Å². The van der Waals surface area contributed by atoms with Gasteiger partial charge in [0.1, 0.15) is 6.10 Å². The van der Waals surface area contributed by atoms with Crippen LogP contribution >= 0.6 is 0 Å². The van der Waals surface area contributed by atoms with E-state index in [2.05, 4.69) is 5.32 Å². The fourth-order valence-electron chi connectivity index (χ4n) is 5.82. The van der Waals surface area contributed by atoms with Gasteiger partial charge in [-0.3, -0.25) is 4.79 Å². The summed E-state index contributed by atoms with van der Waals surface area (Å²) in [5, 5.41) is 13.2. The van der Waals surface area contributed by atoms with Gasteiger partial charge in [-0.25, -0.2) is 8.42 Å². The summed E-state index contributed by atoms with van der Waals surface area (Å²) >= 11 is 0. The maximum Gasteiger partial charge on any atom is 0.416 e. The van der Waals surface area contributed by atoms with Gasteiger partial charge in [0.05, 0.1) is 15.9 Å². The molecular formula is C21H25F3N2O5S. The van der Waals surface area contributed by atoms with Gasteiger partial charge in [0.2, 0.25) is 15.7 Å². The number of carbonyl (C=O) groups excluding carboxylic acids is 1. The Morgan fingerprint density at radius 1 is 1.16 bits per heavy atom. The van der Waals surface area contributed by atoms with Crippen LogP contribution in [0.3, 0.4) is 0 Å². The lowest BCUT2D eigenvalue weighted by molar-refractivity contribution is -0.138. The van der Waals surface area contributed by atoms with Crippen LogP contribution in [-0.4, -0.2) is 61.1 Å². The van der Waals surface area contributed by atoms with E-state index in [1.807, 2.05) is 0 Å². The van der Waals surface area contributed by atoms with Crippen molar-refractivity contribution in [3.63, 3.8) is 0 Å². The minimum Gasteiger partial charge on any atom is -0.389 e. The first-order valence-electron chi connectivity index (χ1n) is 10.8. The molecule has 0 radical (unpaired) electrons. The molecule has 3 fully saturated rings. The number of nitrogens with zero attached hydrogens (tertiary/aromatic N) is 1. The first-order chi connectivity index (χ1) is 15.0. The molecule has 1 spiro atoms. The molecule has 5 rings (SSSR count). The Bertz CT molecular complexity index is 1040. The highest BCUT2D eigenvalue weighted by Gasteiger charge is 2.66. The molecule has 1 amide bonds. The molecular weight excluding hydrogens is 449 g/mol. The van der Waals surface area contributed by atoms with Crippen molar-refractivity contribution in [2.24, 2.45) is 5.41 Å². The summed E-state index contributed by atoms with van der Waals surface area (Å²) in [7, 11) is -4.22. The monoisotopic (exact) mass is 474 g/mol. The lowest BCUT2D eigenvalue weighted by Gasteiger charge is -2.32. The zero-order valence-electron chi connectivity index (χ0n) is 17.3. The van der Waals surface area contributed by atoms with E-state index < -0.39 is 44.4 Å². The fraction of sp³-hybridized carbons (Fsp3) is 0.667. The Labute approximate surface area is 183 Å². The quantitative estimate of drug-likeness (QED) is 0.679. The summed E-state index contributed by atoms with van der Waals surface area (Å²) in [6.45, 7) is 1.05. The smallest absolute Gasteiger partial charge is 0.389 e. The van der Waals surface area contributed by atoms with Crippen molar-refractivity contribution < 1.29 is 36.2 Å². The second-order valence-corrected chi connectivity index (χ2v) is 11.3. The lowest BCUT2D eigenvalue weighted by Crippen LogP contribution is -2.46. The van der Waals surface area contributed by atoms with Gasteiger partial charge in [-0.2, -0.15) is 13.2 Å². The molecule has 0 bridgehead atoms. The zero-order chi connectivity index (χ0) is 22.9. The molecule has 1 aromatic carbocycles. The highest BCUT2D eigenvalue weighted by atomic mass is 32.2. The van der Waals surface area contributed by atoms with Crippen molar-refractivity contribution in [3.8, 4) is 0 Å². The molecule has 32 heavy (non-hydrogen) atoms. The van der Waals surface area contributed by atoms with E-state index in [-0.39, 0.29) is 29.1 Å². The molecule has 2 N–H and O–H groups in total. The van der Waals surface area contributed by atoms with Crippen molar-refractivity contribution >= 4 is 15.7 Å². The first-order valence-corrected chi connectivity index (χ1v) is 12.4. The van der Waals surface area contributed by atoms with Crippen LogP contribution in [0.4, 0.5) is 13.2 Å². The molecule has 1 aliphatic carbocycles. The summed E-state index contributed by atoms with van der Waals surface area (Å²) in [5.74, 6) is -0.488. The topological polar surface area (TPSA) is 95.9 Å². The molecule has 1 aromatic rings. The number of hydrogen-bond acceptors (Lipinski definition) is 6. The SMILES string of the molecule is O=C1N2Cc3cc(C(F)(F)F)ccc3S(=O)(=O)C2[C@H](O)[C@@]12CC[C@@H](NC1CCOCC1)C2. The fourth-order valence-corrected chi connectivity index (χ4v) is 7.93. The average Bonchev–Trinajstić information content (AvgIpc) is 3.24. The van der Waals surface area contributed by atoms with E-state index in [4.69, 9.17) is 4.74 Å². The lowest BCUT2D eigenvalue weighted by atomic mass is 9.82. The van der Waals surface area contributed by atoms with E-state index in [1.54, 1.807) is 0 Å². The van der Waals surface area contributed by atoms with Gasteiger partial charge >= 0.3 is 6.18 Å². The van der Waals surface area contributed by atoms with Crippen LogP contribution in [0.1, 0.15) is 43.2 Å². The molecule has 11 heteroatoms. The molecule has 3 heterocycles. The molecule has 4 atom stereocenters. The number of fused-ring (bicyclic) bond motifs is 2. The van der Waals surface area contributed by atoms with Crippen molar-refractivity contribution in [1.29, 1.82) is 0 Å².